The molecule has 3 heterocycles. The van der Waals surface area contributed by atoms with Crippen LogP contribution in [-0.2, 0) is 12.1 Å². The Bertz CT molecular complexity index is 1380. The van der Waals surface area contributed by atoms with Crippen LogP contribution in [0.25, 0.3) is 17.8 Å². The van der Waals surface area contributed by atoms with Crippen LogP contribution in [0.5, 0.6) is 5.75 Å². The van der Waals surface area contributed by atoms with Gasteiger partial charge in [-0.3, -0.25) is 0 Å². The summed E-state index contributed by atoms with van der Waals surface area (Å²) in [7, 11) is 1.52. The second-order valence-electron chi connectivity index (χ2n) is 8.29. The van der Waals surface area contributed by atoms with Gasteiger partial charge in [0.15, 0.2) is 11.6 Å². The van der Waals surface area contributed by atoms with Crippen LogP contribution < -0.4 is 4.74 Å². The summed E-state index contributed by atoms with van der Waals surface area (Å²) >= 11 is 0. The number of fused-ring (bicyclic) bond motifs is 1. The van der Waals surface area contributed by atoms with Crippen molar-refractivity contribution in [3.63, 3.8) is 0 Å². The average Bonchev–Trinajstić information content (AvgIpc) is 3.45. The summed E-state index contributed by atoms with van der Waals surface area (Å²) in [5.41, 5.74) is 0.835. The van der Waals surface area contributed by atoms with Gasteiger partial charge in [0, 0.05) is 24.4 Å². The normalized spacial score (nSPS) is 17.8. The van der Waals surface area contributed by atoms with E-state index in [1.54, 1.807) is 52.1 Å². The number of nitrogens with zero attached hydrogens (tertiary/aromatic N) is 5. The molecule has 0 bridgehead atoms. The first kappa shape index (κ1) is 22.0. The third-order valence-electron chi connectivity index (χ3n) is 5.99. The summed E-state index contributed by atoms with van der Waals surface area (Å²) in [6.07, 6.45) is 7.68. The molecular formula is C25H23F2N5O2. The zero-order chi connectivity index (χ0) is 23.9. The van der Waals surface area contributed by atoms with Crippen LogP contribution in [0, 0.1) is 18.6 Å². The number of imidazole rings is 1. The maximum Gasteiger partial charge on any atom is 0.174 e. The minimum atomic E-state index is -1.37. The van der Waals surface area contributed by atoms with E-state index in [4.69, 9.17) is 4.74 Å². The van der Waals surface area contributed by atoms with E-state index in [1.807, 2.05) is 6.92 Å². The number of aromatic nitrogens is 5. The lowest BCUT2D eigenvalue weighted by atomic mass is 9.86. The lowest BCUT2D eigenvalue weighted by molar-refractivity contribution is 0.0394. The van der Waals surface area contributed by atoms with E-state index in [0.29, 0.717) is 53.6 Å². The van der Waals surface area contributed by atoms with Crippen molar-refractivity contribution in [1.29, 1.82) is 0 Å². The summed E-state index contributed by atoms with van der Waals surface area (Å²) in [5.74, 6) is 0.394. The number of methoxy groups -OCH3 is 1. The lowest BCUT2D eigenvalue weighted by Crippen LogP contribution is -2.35. The molecule has 0 saturated heterocycles. The molecule has 1 aliphatic heterocycles. The molecule has 0 radical (unpaired) electrons. The topological polar surface area (TPSA) is 78.0 Å². The summed E-state index contributed by atoms with van der Waals surface area (Å²) in [6, 6.07) is 8.73. The molecule has 0 fully saturated rings. The van der Waals surface area contributed by atoms with Gasteiger partial charge in [0.2, 0.25) is 0 Å². The number of hydrogen-bond donors (Lipinski definition) is 1. The molecule has 2 aromatic carbocycles. The Morgan fingerprint density at radius 1 is 1.15 bits per heavy atom. The van der Waals surface area contributed by atoms with Gasteiger partial charge >= 0.3 is 0 Å². The molecule has 4 aromatic rings. The van der Waals surface area contributed by atoms with Gasteiger partial charge in [0.05, 0.1) is 24.8 Å². The first-order valence-electron chi connectivity index (χ1n) is 10.9. The van der Waals surface area contributed by atoms with Crippen molar-refractivity contribution in [3.05, 3.63) is 89.0 Å². The highest BCUT2D eigenvalue weighted by molar-refractivity contribution is 5.69. The number of halogens is 2. The van der Waals surface area contributed by atoms with Crippen LogP contribution in [0.15, 0.2) is 48.9 Å². The first-order valence-corrected chi connectivity index (χ1v) is 10.9. The van der Waals surface area contributed by atoms with E-state index in [9.17, 15) is 13.9 Å². The Morgan fingerprint density at radius 2 is 1.94 bits per heavy atom. The smallest absolute Gasteiger partial charge is 0.174 e. The largest absolute Gasteiger partial charge is 0.495 e. The lowest BCUT2D eigenvalue weighted by Gasteiger charge is -2.31. The summed E-state index contributed by atoms with van der Waals surface area (Å²) in [6.45, 7) is 2.45. The van der Waals surface area contributed by atoms with E-state index < -0.39 is 11.4 Å². The van der Waals surface area contributed by atoms with Gasteiger partial charge in [0.1, 0.15) is 23.0 Å². The highest BCUT2D eigenvalue weighted by Gasteiger charge is 2.39. The zero-order valence-corrected chi connectivity index (χ0v) is 18.7. The highest BCUT2D eigenvalue weighted by atomic mass is 19.1. The molecule has 174 valence electrons. The predicted octanol–water partition coefficient (Wildman–Crippen LogP) is 4.26. The summed E-state index contributed by atoms with van der Waals surface area (Å²) < 4.78 is 37.1. The van der Waals surface area contributed by atoms with Crippen LogP contribution in [0.4, 0.5) is 8.78 Å². The number of hydrogen-bond acceptors (Lipinski definition) is 5. The van der Waals surface area contributed by atoms with Crippen LogP contribution in [-0.4, -0.2) is 36.5 Å². The fraction of sp³-hybridized carbons (Fsp3) is 0.240. The van der Waals surface area contributed by atoms with Crippen LogP contribution in [0.1, 0.15) is 41.3 Å². The number of aliphatic hydroxyl groups is 1. The average molecular weight is 463 g/mol. The van der Waals surface area contributed by atoms with Gasteiger partial charge in [-0.05, 0) is 55.7 Å². The Kier molecular flexibility index (Phi) is 5.49. The molecule has 1 unspecified atom stereocenters. The van der Waals surface area contributed by atoms with Gasteiger partial charge in [0.25, 0.3) is 0 Å². The van der Waals surface area contributed by atoms with Gasteiger partial charge in [-0.25, -0.2) is 23.4 Å². The molecule has 2 aromatic heterocycles. The minimum Gasteiger partial charge on any atom is -0.495 e. The summed E-state index contributed by atoms with van der Waals surface area (Å²) in [4.78, 5) is 8.69. The Hall–Kier alpha value is -3.85. The molecule has 5 rings (SSSR count). The molecule has 1 N–H and O–H groups in total. The Labute approximate surface area is 195 Å². The third kappa shape index (κ3) is 3.88. The minimum absolute atomic E-state index is 0.305. The molecule has 0 spiro atoms. The van der Waals surface area contributed by atoms with Gasteiger partial charge < -0.3 is 14.4 Å². The predicted molar refractivity (Wildman–Crippen MR) is 122 cm³/mol. The maximum absolute atomic E-state index is 14.9. The van der Waals surface area contributed by atoms with Crippen molar-refractivity contribution in [2.75, 3.05) is 7.11 Å². The fourth-order valence-electron chi connectivity index (χ4n) is 4.26. The quantitative estimate of drug-likeness (QED) is 0.479. The SMILES string of the molecule is COc1cc(C=Cc2nc3n(n2)CCCC3(O)c2ccc(F)cc2)c(F)cc1-n1cnc(C)c1. The Balaban J connectivity index is 1.47. The van der Waals surface area contributed by atoms with E-state index in [-0.39, 0.29) is 5.82 Å². The molecule has 0 amide bonds. The fourth-order valence-corrected chi connectivity index (χ4v) is 4.26. The molecule has 34 heavy (non-hydrogen) atoms. The van der Waals surface area contributed by atoms with Crippen molar-refractivity contribution < 1.29 is 18.6 Å². The van der Waals surface area contributed by atoms with Crippen LogP contribution in [0.3, 0.4) is 0 Å². The monoisotopic (exact) mass is 463 g/mol. The first-order chi connectivity index (χ1) is 16.4. The van der Waals surface area contributed by atoms with Crippen molar-refractivity contribution in [2.24, 2.45) is 0 Å². The van der Waals surface area contributed by atoms with E-state index in [2.05, 4.69) is 15.1 Å². The zero-order valence-electron chi connectivity index (χ0n) is 18.7. The van der Waals surface area contributed by atoms with Crippen molar-refractivity contribution in [1.82, 2.24) is 24.3 Å². The number of aryl methyl sites for hydroxylation is 2. The molecule has 1 aliphatic rings. The van der Waals surface area contributed by atoms with Crippen molar-refractivity contribution in [2.45, 2.75) is 31.9 Å². The number of rotatable bonds is 5. The van der Waals surface area contributed by atoms with E-state index in [1.165, 1.54) is 25.3 Å². The second kappa shape index (κ2) is 8.49. The van der Waals surface area contributed by atoms with E-state index in [0.717, 1.165) is 5.69 Å². The molecule has 9 heteroatoms. The van der Waals surface area contributed by atoms with Crippen LogP contribution >= 0.6 is 0 Å². The van der Waals surface area contributed by atoms with Gasteiger partial charge in [-0.1, -0.05) is 12.1 Å². The standard InChI is InChI=1S/C25H23F2N5O2/c1-16-14-31(15-28-16)21-13-20(27)17(12-22(21)34-2)4-9-23-29-24-25(33,10-3-11-32(24)30-23)18-5-7-19(26)8-6-18/h4-9,12-15,33H,3,10-11H2,1-2H3. The van der Waals surface area contributed by atoms with Gasteiger partial charge in [-0.15, -0.1) is 0 Å². The summed E-state index contributed by atoms with van der Waals surface area (Å²) in [5, 5.41) is 15.8. The molecule has 7 nitrogen and oxygen atoms in total. The molecule has 1 atom stereocenters. The molecule has 0 saturated carbocycles. The molecular weight excluding hydrogens is 440 g/mol. The van der Waals surface area contributed by atoms with Crippen LogP contribution in [0.2, 0.25) is 0 Å². The van der Waals surface area contributed by atoms with E-state index >= 15 is 0 Å². The number of benzene rings is 2. The van der Waals surface area contributed by atoms with Crippen molar-refractivity contribution in [3.8, 4) is 11.4 Å². The number of ether oxygens (including phenoxy) is 1. The third-order valence-corrected chi connectivity index (χ3v) is 5.99. The highest BCUT2D eigenvalue weighted by Crippen LogP contribution is 2.37. The second-order valence-corrected chi connectivity index (χ2v) is 8.29. The van der Waals surface area contributed by atoms with Gasteiger partial charge in [-0.2, -0.15) is 5.10 Å². The van der Waals surface area contributed by atoms with Crippen molar-refractivity contribution >= 4 is 12.2 Å². The maximum atomic E-state index is 14.9. The Morgan fingerprint density at radius 3 is 2.65 bits per heavy atom. The molecule has 0 aliphatic carbocycles.